The Morgan fingerprint density at radius 1 is 1.02 bits per heavy atom. The number of nitrogens with zero attached hydrogens (tertiary/aromatic N) is 1. The molecule has 1 aliphatic heterocycles. The van der Waals surface area contributed by atoms with Gasteiger partial charge in [-0.2, -0.15) is 0 Å². The minimum absolute atomic E-state index is 0.00152. The lowest BCUT2D eigenvalue weighted by atomic mass is 9.34. The second kappa shape index (κ2) is 9.67. The van der Waals surface area contributed by atoms with E-state index in [9.17, 15) is 14.7 Å². The van der Waals surface area contributed by atoms with E-state index in [2.05, 4.69) is 51.7 Å². The first kappa shape index (κ1) is 28.9. The monoisotopic (exact) mass is 563 g/mol. The smallest absolute Gasteiger partial charge is 0.320 e. The minimum Gasteiger partial charge on any atom is -0.504 e. The van der Waals surface area contributed by atoms with Crippen molar-refractivity contribution in [1.29, 1.82) is 0 Å². The summed E-state index contributed by atoms with van der Waals surface area (Å²) in [5, 5.41) is 10.4. The van der Waals surface area contributed by atoms with Crippen LogP contribution in [0.1, 0.15) is 86.5 Å². The fourth-order valence-corrected chi connectivity index (χ4v) is 9.90. The molecule has 6 rings (SSSR count). The summed E-state index contributed by atoms with van der Waals surface area (Å²) in [6.45, 7) is 17.9. The highest BCUT2D eigenvalue weighted by molar-refractivity contribution is 6.06. The van der Waals surface area contributed by atoms with Crippen LogP contribution in [0.4, 0.5) is 0 Å². The van der Waals surface area contributed by atoms with Crippen LogP contribution in [-0.2, 0) is 19.1 Å². The molecule has 0 spiro atoms. The molecule has 6 heteroatoms. The highest BCUT2D eigenvalue weighted by atomic mass is 16.5. The maximum atomic E-state index is 12.8. The predicted molar refractivity (Wildman–Crippen MR) is 159 cm³/mol. The first-order valence-corrected chi connectivity index (χ1v) is 15.8. The number of ketones is 1. The largest absolute Gasteiger partial charge is 0.504 e. The molecule has 0 aromatic carbocycles. The lowest BCUT2D eigenvalue weighted by molar-refractivity contribution is -0.173. The average molecular weight is 564 g/mol. The Balaban J connectivity index is 1.27. The number of carbonyl (C=O) groups excluding carboxylic acids is 2. The van der Waals surface area contributed by atoms with Crippen LogP contribution in [0, 0.1) is 33.0 Å². The zero-order valence-electron chi connectivity index (χ0n) is 26.0. The Morgan fingerprint density at radius 3 is 2.46 bits per heavy atom. The van der Waals surface area contributed by atoms with Crippen molar-refractivity contribution >= 4 is 11.8 Å². The Kier molecular flexibility index (Phi) is 6.82. The highest BCUT2D eigenvalue weighted by Crippen LogP contribution is 2.75. The lowest BCUT2D eigenvalue weighted by Crippen LogP contribution is -2.62. The van der Waals surface area contributed by atoms with Crippen molar-refractivity contribution < 1.29 is 24.2 Å². The summed E-state index contributed by atoms with van der Waals surface area (Å²) in [5.41, 5.74) is 4.40. The van der Waals surface area contributed by atoms with Crippen LogP contribution in [-0.4, -0.2) is 61.2 Å². The normalized spacial score (nSPS) is 42.6. The third-order valence-corrected chi connectivity index (χ3v) is 13.0. The van der Waals surface area contributed by atoms with Gasteiger partial charge < -0.3 is 14.6 Å². The summed E-state index contributed by atoms with van der Waals surface area (Å²) in [4.78, 5) is 27.7. The molecule has 0 bridgehead atoms. The minimum atomic E-state index is -0.266. The number of fused-ring (bicyclic) bond motifs is 7. The van der Waals surface area contributed by atoms with Crippen molar-refractivity contribution in [2.24, 2.45) is 33.0 Å². The SMILES string of the molecule is CC1=C(O)C(=O)C=C2C1=CC=C1[C@@]2(C)CC[C@@]2(C)[C@@H]3C[C@](C)(COC(=O)CN4CCOCC4)CC[C@@]3(C)CC[C@]12C. The standard InChI is InChI=1S/C35H49NO5/c1-23-24-7-8-27-33(4,25(24)19-26(37)30(23)39)12-14-35(6)28-20-31(2,9-10-32(28,3)11-13-34(27,35)5)22-41-29(38)21-36-15-17-40-18-16-36/h7-8,19,28,39H,9-18,20-22H2,1-6H3/t28-,31-,32+,33+,34-,35+/m1/s1. The van der Waals surface area contributed by atoms with Crippen LogP contribution in [0.25, 0.3) is 0 Å². The molecule has 5 aliphatic carbocycles. The van der Waals surface area contributed by atoms with Gasteiger partial charge in [0.2, 0.25) is 5.78 Å². The molecular weight excluding hydrogens is 514 g/mol. The Labute approximate surface area is 245 Å². The number of hydrogen-bond acceptors (Lipinski definition) is 6. The number of hydrogen-bond donors (Lipinski definition) is 1. The van der Waals surface area contributed by atoms with Gasteiger partial charge in [0, 0.05) is 29.5 Å². The highest BCUT2D eigenvalue weighted by Gasteiger charge is 2.66. The van der Waals surface area contributed by atoms with E-state index in [1.807, 2.05) is 6.92 Å². The molecule has 1 saturated heterocycles. The molecule has 0 aromatic heterocycles. The third-order valence-electron chi connectivity index (χ3n) is 13.0. The molecule has 6 atom stereocenters. The second-order valence-corrected chi connectivity index (χ2v) is 15.4. The van der Waals surface area contributed by atoms with Crippen molar-refractivity contribution in [3.8, 4) is 0 Å². The maximum Gasteiger partial charge on any atom is 0.320 e. The fourth-order valence-electron chi connectivity index (χ4n) is 9.90. The van der Waals surface area contributed by atoms with Crippen LogP contribution < -0.4 is 0 Å². The van der Waals surface area contributed by atoms with Crippen molar-refractivity contribution in [2.75, 3.05) is 39.5 Å². The first-order chi connectivity index (χ1) is 19.2. The fraction of sp³-hybridized carbons (Fsp3) is 0.714. The van der Waals surface area contributed by atoms with Gasteiger partial charge in [-0.05, 0) is 91.3 Å². The molecule has 4 fully saturated rings. The molecule has 0 aromatic rings. The van der Waals surface area contributed by atoms with Crippen molar-refractivity contribution in [3.05, 3.63) is 46.3 Å². The Hall–Kier alpha value is -2.18. The number of esters is 1. The van der Waals surface area contributed by atoms with Gasteiger partial charge in [-0.3, -0.25) is 14.5 Å². The summed E-state index contributed by atoms with van der Waals surface area (Å²) in [6, 6.07) is 0. The predicted octanol–water partition coefficient (Wildman–Crippen LogP) is 6.49. The van der Waals surface area contributed by atoms with Gasteiger partial charge in [-0.15, -0.1) is 0 Å². The zero-order valence-corrected chi connectivity index (χ0v) is 26.0. The maximum absolute atomic E-state index is 12.8. The van der Waals surface area contributed by atoms with Crippen LogP contribution in [0.15, 0.2) is 46.3 Å². The van der Waals surface area contributed by atoms with Gasteiger partial charge in [0.25, 0.3) is 0 Å². The van der Waals surface area contributed by atoms with Gasteiger partial charge >= 0.3 is 5.97 Å². The van der Waals surface area contributed by atoms with Crippen molar-refractivity contribution in [1.82, 2.24) is 4.90 Å². The number of aliphatic hydroxyl groups is 1. The van der Waals surface area contributed by atoms with E-state index in [0.717, 1.165) is 56.3 Å². The van der Waals surface area contributed by atoms with Gasteiger partial charge in [0.05, 0.1) is 26.4 Å². The molecular formula is C35H49NO5. The van der Waals surface area contributed by atoms with Crippen LogP contribution in [0.2, 0.25) is 0 Å². The van der Waals surface area contributed by atoms with Gasteiger partial charge in [0.15, 0.2) is 5.76 Å². The third kappa shape index (κ3) is 4.33. The van der Waals surface area contributed by atoms with Crippen molar-refractivity contribution in [3.63, 3.8) is 0 Å². The zero-order chi connectivity index (χ0) is 29.4. The van der Waals surface area contributed by atoms with E-state index in [-0.39, 0.29) is 44.6 Å². The summed E-state index contributed by atoms with van der Waals surface area (Å²) >= 11 is 0. The van der Waals surface area contributed by atoms with Gasteiger partial charge in [-0.1, -0.05) is 52.3 Å². The molecule has 3 saturated carbocycles. The van der Waals surface area contributed by atoms with Gasteiger partial charge in [-0.25, -0.2) is 0 Å². The number of carbonyl (C=O) groups is 2. The van der Waals surface area contributed by atoms with E-state index in [4.69, 9.17) is 9.47 Å². The molecule has 1 N–H and O–H groups in total. The average Bonchev–Trinajstić information content (AvgIpc) is 2.94. The quantitative estimate of drug-likeness (QED) is 0.394. The molecule has 0 unspecified atom stereocenters. The first-order valence-electron chi connectivity index (χ1n) is 15.8. The van der Waals surface area contributed by atoms with Gasteiger partial charge in [0.1, 0.15) is 0 Å². The molecule has 1 heterocycles. The summed E-state index contributed by atoms with van der Waals surface area (Å²) in [7, 11) is 0. The van der Waals surface area contributed by atoms with Crippen LogP contribution >= 0.6 is 0 Å². The van der Waals surface area contributed by atoms with E-state index in [1.165, 1.54) is 18.4 Å². The Morgan fingerprint density at radius 2 is 1.73 bits per heavy atom. The molecule has 224 valence electrons. The second-order valence-electron chi connectivity index (χ2n) is 15.4. The summed E-state index contributed by atoms with van der Waals surface area (Å²) in [5.74, 6) is 0.0232. The summed E-state index contributed by atoms with van der Waals surface area (Å²) in [6.07, 6.45) is 14.0. The number of aliphatic hydroxyl groups excluding tert-OH is 1. The van der Waals surface area contributed by atoms with E-state index < -0.39 is 0 Å². The topological polar surface area (TPSA) is 76.1 Å². The molecule has 0 amide bonds. The van der Waals surface area contributed by atoms with Crippen LogP contribution in [0.3, 0.4) is 0 Å². The Bertz CT molecular complexity index is 1290. The number of rotatable bonds is 4. The number of ether oxygens (including phenoxy) is 2. The van der Waals surface area contributed by atoms with E-state index in [0.29, 0.717) is 37.9 Å². The lowest BCUT2D eigenvalue weighted by Gasteiger charge is -2.70. The number of morpholine rings is 1. The van der Waals surface area contributed by atoms with Crippen LogP contribution in [0.5, 0.6) is 0 Å². The van der Waals surface area contributed by atoms with E-state index >= 15 is 0 Å². The number of allylic oxidation sites excluding steroid dienone is 7. The van der Waals surface area contributed by atoms with Crippen molar-refractivity contribution in [2.45, 2.75) is 86.5 Å². The molecule has 6 aliphatic rings. The molecule has 6 nitrogen and oxygen atoms in total. The summed E-state index contributed by atoms with van der Waals surface area (Å²) < 4.78 is 11.4. The molecule has 41 heavy (non-hydrogen) atoms. The van der Waals surface area contributed by atoms with E-state index in [1.54, 1.807) is 6.08 Å². The molecule has 0 radical (unpaired) electrons.